The SMILES string of the molecule is CC(C)C(CCO)NCCc1cccs1. The highest BCUT2D eigenvalue weighted by Gasteiger charge is 2.11. The van der Waals surface area contributed by atoms with Crippen LogP contribution in [0.5, 0.6) is 0 Å². The summed E-state index contributed by atoms with van der Waals surface area (Å²) >= 11 is 1.81. The third-order valence-electron chi connectivity index (χ3n) is 2.60. The zero-order chi connectivity index (χ0) is 11.1. The van der Waals surface area contributed by atoms with Crippen molar-refractivity contribution in [1.82, 2.24) is 5.32 Å². The number of thiophene rings is 1. The largest absolute Gasteiger partial charge is 0.396 e. The molecular weight excluding hydrogens is 206 g/mol. The first-order chi connectivity index (χ1) is 7.24. The Hall–Kier alpha value is -0.380. The van der Waals surface area contributed by atoms with Crippen LogP contribution < -0.4 is 5.32 Å². The molecule has 2 nitrogen and oxygen atoms in total. The Morgan fingerprint density at radius 3 is 2.80 bits per heavy atom. The van der Waals surface area contributed by atoms with Gasteiger partial charge in [-0.15, -0.1) is 11.3 Å². The topological polar surface area (TPSA) is 32.3 Å². The quantitative estimate of drug-likeness (QED) is 0.749. The van der Waals surface area contributed by atoms with Gasteiger partial charge in [-0.25, -0.2) is 0 Å². The summed E-state index contributed by atoms with van der Waals surface area (Å²) < 4.78 is 0. The maximum atomic E-state index is 8.93. The third kappa shape index (κ3) is 4.78. The van der Waals surface area contributed by atoms with E-state index >= 15 is 0 Å². The second-order valence-electron chi connectivity index (χ2n) is 4.15. The van der Waals surface area contributed by atoms with Gasteiger partial charge in [0.15, 0.2) is 0 Å². The van der Waals surface area contributed by atoms with E-state index in [2.05, 4.69) is 36.7 Å². The highest BCUT2D eigenvalue weighted by molar-refractivity contribution is 7.09. The fourth-order valence-electron chi connectivity index (χ4n) is 1.65. The van der Waals surface area contributed by atoms with E-state index in [1.165, 1.54) is 4.88 Å². The molecule has 0 radical (unpaired) electrons. The highest BCUT2D eigenvalue weighted by Crippen LogP contribution is 2.09. The minimum atomic E-state index is 0.273. The van der Waals surface area contributed by atoms with E-state index in [1.807, 2.05) is 0 Å². The molecular formula is C12H21NOS. The molecule has 0 aliphatic heterocycles. The Kier molecular flexibility index (Phi) is 5.91. The minimum Gasteiger partial charge on any atom is -0.396 e. The fourth-order valence-corrected chi connectivity index (χ4v) is 2.35. The van der Waals surface area contributed by atoms with Gasteiger partial charge in [0.2, 0.25) is 0 Å². The lowest BCUT2D eigenvalue weighted by atomic mass is 10.0. The molecule has 1 unspecified atom stereocenters. The van der Waals surface area contributed by atoms with E-state index in [1.54, 1.807) is 11.3 Å². The molecule has 0 aliphatic carbocycles. The molecule has 0 aromatic carbocycles. The van der Waals surface area contributed by atoms with Gasteiger partial charge in [-0.05, 0) is 30.2 Å². The van der Waals surface area contributed by atoms with E-state index in [0.29, 0.717) is 12.0 Å². The van der Waals surface area contributed by atoms with Gasteiger partial charge in [-0.2, -0.15) is 0 Å². The van der Waals surface area contributed by atoms with Crippen molar-refractivity contribution in [2.24, 2.45) is 5.92 Å². The Labute approximate surface area is 96.3 Å². The minimum absolute atomic E-state index is 0.273. The van der Waals surface area contributed by atoms with Crippen LogP contribution in [0.15, 0.2) is 17.5 Å². The van der Waals surface area contributed by atoms with E-state index in [9.17, 15) is 0 Å². The van der Waals surface area contributed by atoms with Crippen molar-refractivity contribution in [3.63, 3.8) is 0 Å². The molecule has 0 aliphatic rings. The number of aliphatic hydroxyl groups is 1. The number of aliphatic hydroxyl groups excluding tert-OH is 1. The van der Waals surface area contributed by atoms with Gasteiger partial charge in [0, 0.05) is 24.1 Å². The molecule has 15 heavy (non-hydrogen) atoms. The van der Waals surface area contributed by atoms with Gasteiger partial charge < -0.3 is 10.4 Å². The average Bonchev–Trinajstić information content (AvgIpc) is 2.69. The lowest BCUT2D eigenvalue weighted by Crippen LogP contribution is -2.35. The number of nitrogens with one attached hydrogen (secondary N) is 1. The molecule has 1 aromatic heterocycles. The van der Waals surface area contributed by atoms with Crippen molar-refractivity contribution in [2.45, 2.75) is 32.7 Å². The van der Waals surface area contributed by atoms with Gasteiger partial charge in [-0.3, -0.25) is 0 Å². The van der Waals surface area contributed by atoms with E-state index in [4.69, 9.17) is 5.11 Å². The standard InChI is InChI=1S/C12H21NOS/c1-10(2)12(6-8-14)13-7-5-11-4-3-9-15-11/h3-4,9-10,12-14H,5-8H2,1-2H3. The predicted octanol–water partition coefficient (Wildman–Crippen LogP) is 2.29. The molecule has 1 heterocycles. The fraction of sp³-hybridized carbons (Fsp3) is 0.667. The van der Waals surface area contributed by atoms with Crippen LogP contribution in [-0.2, 0) is 6.42 Å². The molecule has 0 amide bonds. The number of hydrogen-bond donors (Lipinski definition) is 2. The van der Waals surface area contributed by atoms with Gasteiger partial charge in [0.25, 0.3) is 0 Å². The molecule has 0 saturated carbocycles. The van der Waals surface area contributed by atoms with Crippen LogP contribution in [0.1, 0.15) is 25.1 Å². The molecule has 0 bridgehead atoms. The highest BCUT2D eigenvalue weighted by atomic mass is 32.1. The predicted molar refractivity (Wildman–Crippen MR) is 66.4 cm³/mol. The third-order valence-corrected chi connectivity index (χ3v) is 3.54. The van der Waals surface area contributed by atoms with Crippen molar-refractivity contribution in [3.8, 4) is 0 Å². The normalized spacial score (nSPS) is 13.3. The second kappa shape index (κ2) is 6.99. The van der Waals surface area contributed by atoms with Crippen LogP contribution in [0.4, 0.5) is 0 Å². The summed E-state index contributed by atoms with van der Waals surface area (Å²) in [4.78, 5) is 1.43. The van der Waals surface area contributed by atoms with Crippen molar-refractivity contribution in [3.05, 3.63) is 22.4 Å². The number of hydrogen-bond acceptors (Lipinski definition) is 3. The van der Waals surface area contributed by atoms with Crippen LogP contribution in [-0.4, -0.2) is 24.3 Å². The summed E-state index contributed by atoms with van der Waals surface area (Å²) in [5.74, 6) is 0.584. The summed E-state index contributed by atoms with van der Waals surface area (Å²) in [6.07, 6.45) is 1.94. The molecule has 3 heteroatoms. The average molecular weight is 227 g/mol. The van der Waals surface area contributed by atoms with Crippen LogP contribution in [0, 0.1) is 5.92 Å². The molecule has 0 fully saturated rings. The molecule has 0 spiro atoms. The lowest BCUT2D eigenvalue weighted by molar-refractivity contribution is 0.245. The maximum absolute atomic E-state index is 8.93. The van der Waals surface area contributed by atoms with Gasteiger partial charge in [0.05, 0.1) is 0 Å². The first-order valence-corrected chi connectivity index (χ1v) is 6.48. The van der Waals surface area contributed by atoms with Crippen LogP contribution in [0.25, 0.3) is 0 Å². The molecule has 1 atom stereocenters. The smallest absolute Gasteiger partial charge is 0.0445 e. The number of rotatable bonds is 7. The second-order valence-corrected chi connectivity index (χ2v) is 5.18. The van der Waals surface area contributed by atoms with Gasteiger partial charge in [-0.1, -0.05) is 19.9 Å². The first kappa shape index (κ1) is 12.7. The Balaban J connectivity index is 2.22. The van der Waals surface area contributed by atoms with Crippen molar-refractivity contribution in [2.75, 3.05) is 13.2 Å². The van der Waals surface area contributed by atoms with Crippen LogP contribution in [0.3, 0.4) is 0 Å². The summed E-state index contributed by atoms with van der Waals surface area (Å²) in [6, 6.07) is 4.70. The summed E-state index contributed by atoms with van der Waals surface area (Å²) in [5, 5.41) is 14.6. The van der Waals surface area contributed by atoms with Crippen molar-refractivity contribution < 1.29 is 5.11 Å². The molecule has 86 valence electrons. The summed E-state index contributed by atoms with van der Waals surface area (Å²) in [6.45, 7) is 5.66. The molecule has 0 saturated heterocycles. The zero-order valence-corrected chi connectivity index (χ0v) is 10.4. The van der Waals surface area contributed by atoms with Crippen LogP contribution in [0.2, 0.25) is 0 Å². The van der Waals surface area contributed by atoms with Crippen LogP contribution >= 0.6 is 11.3 Å². The van der Waals surface area contributed by atoms with Gasteiger partial charge >= 0.3 is 0 Å². The Bertz CT molecular complexity index is 246. The lowest BCUT2D eigenvalue weighted by Gasteiger charge is -2.21. The zero-order valence-electron chi connectivity index (χ0n) is 9.57. The van der Waals surface area contributed by atoms with E-state index in [0.717, 1.165) is 19.4 Å². The van der Waals surface area contributed by atoms with Crippen molar-refractivity contribution >= 4 is 11.3 Å². The monoisotopic (exact) mass is 227 g/mol. The van der Waals surface area contributed by atoms with E-state index in [-0.39, 0.29) is 6.61 Å². The first-order valence-electron chi connectivity index (χ1n) is 5.60. The van der Waals surface area contributed by atoms with Crippen molar-refractivity contribution in [1.29, 1.82) is 0 Å². The maximum Gasteiger partial charge on any atom is 0.0445 e. The Morgan fingerprint density at radius 2 is 2.27 bits per heavy atom. The Morgan fingerprint density at radius 1 is 1.47 bits per heavy atom. The molecule has 2 N–H and O–H groups in total. The summed E-state index contributed by atoms with van der Waals surface area (Å²) in [5.41, 5.74) is 0. The van der Waals surface area contributed by atoms with E-state index < -0.39 is 0 Å². The summed E-state index contributed by atoms with van der Waals surface area (Å²) in [7, 11) is 0. The van der Waals surface area contributed by atoms with Gasteiger partial charge in [0.1, 0.15) is 0 Å². The molecule has 1 aromatic rings. The molecule has 1 rings (SSSR count).